The fourth-order valence-corrected chi connectivity index (χ4v) is 17.2. The fourth-order valence-electron chi connectivity index (χ4n) is 15.1. The van der Waals surface area contributed by atoms with E-state index >= 15 is 0 Å². The first-order valence-corrected chi connectivity index (χ1v) is 33.4. The van der Waals surface area contributed by atoms with Gasteiger partial charge in [0.1, 0.15) is 11.2 Å². The van der Waals surface area contributed by atoms with Crippen molar-refractivity contribution in [2.24, 2.45) is 0 Å². The van der Waals surface area contributed by atoms with E-state index in [4.69, 9.17) is 4.42 Å². The summed E-state index contributed by atoms with van der Waals surface area (Å²) in [4.78, 5) is 0. The van der Waals surface area contributed by atoms with Crippen molar-refractivity contribution >= 4 is 139 Å². The molecule has 5 aromatic heterocycles. The van der Waals surface area contributed by atoms with Crippen molar-refractivity contribution in [3.8, 4) is 78.1 Å². The SMILES string of the molecule is c1ccc(-c2cccc(-n3c4ccc(-c5cccc(-c6ccc7c(c6)c6cc(-c8ccc9sc%10ccc(-c%11cccc%12oc%13ccccc%13c%11%12)cc%10c9c8)ccc6n7-c6cccc7ccccc67)c5)cc4c4cc(-c5ccc6sc7ccccc7c6c5)ccc43)c2)cc1. The molecule has 5 heterocycles. The normalized spacial score (nSPS) is 12.1. The van der Waals surface area contributed by atoms with Crippen molar-refractivity contribution in [1.29, 1.82) is 0 Å². The van der Waals surface area contributed by atoms with Gasteiger partial charge in [0.15, 0.2) is 0 Å². The van der Waals surface area contributed by atoms with Crippen molar-refractivity contribution < 1.29 is 4.42 Å². The van der Waals surface area contributed by atoms with Crippen LogP contribution in [0.1, 0.15) is 0 Å². The molecule has 0 atom stereocenters. The lowest BCUT2D eigenvalue weighted by Gasteiger charge is -2.12. The molecule has 0 saturated heterocycles. The van der Waals surface area contributed by atoms with Crippen molar-refractivity contribution in [3.05, 3.63) is 315 Å². The van der Waals surface area contributed by atoms with Gasteiger partial charge in [0, 0.05) is 83.7 Å². The number of furan rings is 1. The molecule has 93 heavy (non-hydrogen) atoms. The van der Waals surface area contributed by atoms with E-state index in [9.17, 15) is 0 Å². The van der Waals surface area contributed by atoms with Gasteiger partial charge in [0.2, 0.25) is 0 Å². The highest BCUT2D eigenvalue weighted by Crippen LogP contribution is 2.46. The quantitative estimate of drug-likeness (QED) is 0.149. The van der Waals surface area contributed by atoms with E-state index in [1.54, 1.807) is 0 Å². The zero-order valence-corrected chi connectivity index (χ0v) is 51.8. The maximum Gasteiger partial charge on any atom is 0.136 e. The van der Waals surface area contributed by atoms with Crippen LogP contribution in [0.5, 0.6) is 0 Å². The predicted octanol–water partition coefficient (Wildman–Crippen LogP) is 25.7. The Balaban J connectivity index is 0.722. The number of para-hydroxylation sites is 1. The number of fused-ring (bicyclic) bond motifs is 16. The molecule has 0 saturated carbocycles. The molecule has 0 radical (unpaired) electrons. The molecular formula is C88H52N2OS2. The first-order valence-electron chi connectivity index (χ1n) is 31.8. The molecule has 0 spiro atoms. The van der Waals surface area contributed by atoms with E-state index < -0.39 is 0 Å². The lowest BCUT2D eigenvalue weighted by atomic mass is 9.96. The second-order valence-corrected chi connectivity index (χ2v) is 26.9. The first-order chi connectivity index (χ1) is 46.0. The average Bonchev–Trinajstić information content (AvgIpc) is 1.61. The molecule has 0 aliphatic carbocycles. The van der Waals surface area contributed by atoms with Crippen LogP contribution in [0.3, 0.4) is 0 Å². The monoisotopic (exact) mass is 1220 g/mol. The Morgan fingerprint density at radius 1 is 0.226 bits per heavy atom. The predicted molar refractivity (Wildman–Crippen MR) is 398 cm³/mol. The van der Waals surface area contributed by atoms with Gasteiger partial charge in [-0.2, -0.15) is 0 Å². The summed E-state index contributed by atoms with van der Waals surface area (Å²) >= 11 is 3.73. The number of hydrogen-bond donors (Lipinski definition) is 0. The van der Waals surface area contributed by atoms with Crippen LogP contribution in [0.15, 0.2) is 320 Å². The Hall–Kier alpha value is -11.6. The Labute approximate surface area is 542 Å². The van der Waals surface area contributed by atoms with E-state index in [2.05, 4.69) is 319 Å². The van der Waals surface area contributed by atoms with Crippen molar-refractivity contribution in [2.45, 2.75) is 0 Å². The summed E-state index contributed by atoms with van der Waals surface area (Å²) in [5, 5.41) is 14.7. The van der Waals surface area contributed by atoms with E-state index in [1.807, 2.05) is 28.7 Å². The average molecular weight is 1220 g/mol. The second kappa shape index (κ2) is 20.5. The highest BCUT2D eigenvalue weighted by molar-refractivity contribution is 7.26. The molecule has 0 amide bonds. The van der Waals surface area contributed by atoms with Gasteiger partial charge < -0.3 is 13.6 Å². The summed E-state index contributed by atoms with van der Waals surface area (Å²) in [6.45, 7) is 0. The van der Waals surface area contributed by atoms with Crippen LogP contribution >= 0.6 is 22.7 Å². The van der Waals surface area contributed by atoms with Gasteiger partial charge in [0.25, 0.3) is 0 Å². The maximum atomic E-state index is 6.35. The largest absolute Gasteiger partial charge is 0.456 e. The molecular weight excluding hydrogens is 1170 g/mol. The molecule has 0 aliphatic heterocycles. The molecule has 432 valence electrons. The topological polar surface area (TPSA) is 23.0 Å². The first kappa shape index (κ1) is 52.2. The Bertz CT molecular complexity index is 6500. The molecule has 5 heteroatoms. The molecule has 20 aromatic rings. The summed E-state index contributed by atoms with van der Waals surface area (Å²) in [5.74, 6) is 0. The van der Waals surface area contributed by atoms with Gasteiger partial charge in [0.05, 0.1) is 27.8 Å². The number of nitrogens with zero attached hydrogens (tertiary/aromatic N) is 2. The van der Waals surface area contributed by atoms with E-state index in [0.29, 0.717) is 0 Å². The standard InChI is InChI=1S/C88H52N2OS2/c1-2-14-53(15-3-1)57-20-11-21-65(45-57)89-78-37-30-58(46-70(78)71-48-60(31-38-79(71)89)62-34-41-85-74(50-62)68-23-7-9-29-84(68)92-85)55-18-10-19-56(44-55)59-32-39-80-72(47-59)73-49-61(33-40-81(73)90(80)77-26-12-17-54-16-4-5-22-66(54)77)63-35-42-86-75(51-63)76-52-64(36-43-87(76)93-86)67-25-13-28-83-88(67)69-24-6-8-27-82(69)91-83/h1-52H. The summed E-state index contributed by atoms with van der Waals surface area (Å²) in [5.41, 5.74) is 23.1. The van der Waals surface area contributed by atoms with Crippen molar-refractivity contribution in [3.63, 3.8) is 0 Å². The summed E-state index contributed by atoms with van der Waals surface area (Å²) in [6.07, 6.45) is 0. The van der Waals surface area contributed by atoms with Crippen LogP contribution < -0.4 is 0 Å². The molecule has 0 fully saturated rings. The maximum absolute atomic E-state index is 6.35. The van der Waals surface area contributed by atoms with E-state index in [-0.39, 0.29) is 0 Å². The Kier molecular flexibility index (Phi) is 11.5. The molecule has 0 N–H and O–H groups in total. The number of benzene rings is 15. The number of thiophene rings is 2. The molecule has 20 rings (SSSR count). The number of aromatic nitrogens is 2. The zero-order valence-electron chi connectivity index (χ0n) is 50.1. The van der Waals surface area contributed by atoms with Crippen LogP contribution in [-0.4, -0.2) is 9.13 Å². The summed E-state index contributed by atoms with van der Waals surface area (Å²) in [6, 6.07) is 117. The fraction of sp³-hybridized carbons (Fsp3) is 0. The van der Waals surface area contributed by atoms with Gasteiger partial charge in [-0.05, 0) is 200 Å². The van der Waals surface area contributed by atoms with E-state index in [0.717, 1.165) is 27.6 Å². The number of hydrogen-bond acceptors (Lipinski definition) is 3. The van der Waals surface area contributed by atoms with E-state index in [1.165, 1.54) is 167 Å². The van der Waals surface area contributed by atoms with Gasteiger partial charge >= 0.3 is 0 Å². The minimum atomic E-state index is 0.910. The minimum absolute atomic E-state index is 0.910. The van der Waals surface area contributed by atoms with Crippen LogP contribution in [0.4, 0.5) is 0 Å². The molecule has 0 aliphatic rings. The summed E-state index contributed by atoms with van der Waals surface area (Å²) < 4.78 is 16.5. The third kappa shape index (κ3) is 8.27. The Morgan fingerprint density at radius 3 is 1.27 bits per heavy atom. The number of rotatable bonds is 8. The van der Waals surface area contributed by atoms with Crippen LogP contribution in [0, 0.1) is 0 Å². The molecule has 0 bridgehead atoms. The molecule has 15 aromatic carbocycles. The molecule has 0 unspecified atom stereocenters. The van der Waals surface area contributed by atoms with Gasteiger partial charge in [-0.1, -0.05) is 188 Å². The third-order valence-corrected chi connectivity index (χ3v) is 21.8. The van der Waals surface area contributed by atoms with Gasteiger partial charge in [-0.25, -0.2) is 0 Å². The molecule has 3 nitrogen and oxygen atoms in total. The highest BCUT2D eigenvalue weighted by Gasteiger charge is 2.21. The highest BCUT2D eigenvalue weighted by atomic mass is 32.1. The lowest BCUT2D eigenvalue weighted by molar-refractivity contribution is 0.669. The van der Waals surface area contributed by atoms with Gasteiger partial charge in [-0.15, -0.1) is 22.7 Å². The smallest absolute Gasteiger partial charge is 0.136 e. The van der Waals surface area contributed by atoms with Gasteiger partial charge in [-0.3, -0.25) is 0 Å². The zero-order chi connectivity index (χ0) is 60.8. The minimum Gasteiger partial charge on any atom is -0.456 e. The van der Waals surface area contributed by atoms with Crippen molar-refractivity contribution in [2.75, 3.05) is 0 Å². The Morgan fingerprint density at radius 2 is 0.634 bits per heavy atom. The van der Waals surface area contributed by atoms with Crippen LogP contribution in [0.2, 0.25) is 0 Å². The third-order valence-electron chi connectivity index (χ3n) is 19.5. The second-order valence-electron chi connectivity index (χ2n) is 24.7. The lowest BCUT2D eigenvalue weighted by Crippen LogP contribution is -1.95. The van der Waals surface area contributed by atoms with Crippen LogP contribution in [-0.2, 0) is 0 Å². The van der Waals surface area contributed by atoms with Crippen molar-refractivity contribution in [1.82, 2.24) is 9.13 Å². The summed E-state index contributed by atoms with van der Waals surface area (Å²) in [7, 11) is 0. The van der Waals surface area contributed by atoms with Crippen LogP contribution in [0.25, 0.3) is 195 Å².